The number of piperidine rings is 1. The topological polar surface area (TPSA) is 109 Å². The molecule has 0 spiro atoms. The molecule has 1 saturated heterocycles. The summed E-state index contributed by atoms with van der Waals surface area (Å²) in [4.78, 5) is 11.3. The lowest BCUT2D eigenvalue weighted by Gasteiger charge is -2.33. The van der Waals surface area contributed by atoms with Crippen molar-refractivity contribution in [1.29, 1.82) is 5.26 Å². The minimum absolute atomic E-state index is 0.0258. The Labute approximate surface area is 197 Å². The number of aryl methyl sites for hydroxylation is 1. The van der Waals surface area contributed by atoms with Crippen molar-refractivity contribution in [3.63, 3.8) is 0 Å². The van der Waals surface area contributed by atoms with Gasteiger partial charge in [-0.05, 0) is 38.0 Å². The van der Waals surface area contributed by atoms with Crippen molar-refractivity contribution in [3.05, 3.63) is 71.2 Å². The molecule has 7 nitrogen and oxygen atoms in total. The number of nitriles is 1. The Morgan fingerprint density at radius 2 is 1.91 bits per heavy atom. The van der Waals surface area contributed by atoms with Gasteiger partial charge < -0.3 is 16.0 Å². The Hall–Kier alpha value is -3.61. The first kappa shape index (κ1) is 23.5. The molecule has 4 rings (SSSR count). The van der Waals surface area contributed by atoms with E-state index < -0.39 is 11.6 Å². The summed E-state index contributed by atoms with van der Waals surface area (Å²) in [7, 11) is 1.60. The van der Waals surface area contributed by atoms with E-state index in [1.807, 2.05) is 6.92 Å². The van der Waals surface area contributed by atoms with E-state index in [0.717, 1.165) is 25.9 Å². The van der Waals surface area contributed by atoms with Crippen molar-refractivity contribution in [2.24, 2.45) is 23.5 Å². The minimum atomic E-state index is -1.02. The lowest BCUT2D eigenvalue weighted by Crippen LogP contribution is -2.43. The molecule has 1 aliphatic heterocycles. The number of allylic oxidation sites excluding steroid dienone is 1. The van der Waals surface area contributed by atoms with Crippen LogP contribution in [0.2, 0.25) is 0 Å². The summed E-state index contributed by atoms with van der Waals surface area (Å²) in [6.45, 7) is 3.53. The van der Waals surface area contributed by atoms with Gasteiger partial charge >= 0.3 is 0 Å². The molecule has 3 aromatic rings. The summed E-state index contributed by atoms with van der Waals surface area (Å²) in [5.74, 6) is -2.02. The van der Waals surface area contributed by atoms with E-state index >= 15 is 8.78 Å². The third-order valence-electron chi connectivity index (χ3n) is 6.30. The van der Waals surface area contributed by atoms with E-state index in [1.165, 1.54) is 23.2 Å². The molecule has 176 valence electrons. The van der Waals surface area contributed by atoms with Crippen LogP contribution in [-0.2, 0) is 7.05 Å². The van der Waals surface area contributed by atoms with Gasteiger partial charge in [0.05, 0.1) is 35.4 Å². The van der Waals surface area contributed by atoms with Crippen molar-refractivity contribution >= 4 is 22.3 Å². The van der Waals surface area contributed by atoms with Gasteiger partial charge in [0, 0.05) is 49.1 Å². The normalized spacial score (nSPS) is 17.2. The van der Waals surface area contributed by atoms with Crippen LogP contribution in [0.25, 0.3) is 16.6 Å². The zero-order valence-corrected chi connectivity index (χ0v) is 19.2. The fourth-order valence-electron chi connectivity index (χ4n) is 4.30. The van der Waals surface area contributed by atoms with Gasteiger partial charge in [-0.3, -0.25) is 9.89 Å². The zero-order chi connectivity index (χ0) is 24.4. The Kier molecular flexibility index (Phi) is 6.72. The van der Waals surface area contributed by atoms with Gasteiger partial charge in [-0.2, -0.15) is 5.26 Å². The van der Waals surface area contributed by atoms with Crippen LogP contribution in [0.15, 0.2) is 47.9 Å². The fraction of sp³-hybridized carbons (Fsp3) is 0.320. The van der Waals surface area contributed by atoms with Gasteiger partial charge in [0.25, 0.3) is 0 Å². The summed E-state index contributed by atoms with van der Waals surface area (Å²) < 4.78 is 31.8. The first-order valence-corrected chi connectivity index (χ1v) is 11.1. The Morgan fingerprint density at radius 1 is 1.24 bits per heavy atom. The van der Waals surface area contributed by atoms with Crippen LogP contribution >= 0.6 is 0 Å². The van der Waals surface area contributed by atoms with Gasteiger partial charge in [-0.25, -0.2) is 13.8 Å². The number of nitrogens with two attached hydrogens (primary N) is 2. The lowest BCUT2D eigenvalue weighted by atomic mass is 9.94. The number of fused-ring (bicyclic) bond motifs is 1. The third kappa shape index (κ3) is 4.42. The highest BCUT2D eigenvalue weighted by molar-refractivity contribution is 6.32. The molecule has 0 bridgehead atoms. The van der Waals surface area contributed by atoms with Crippen LogP contribution in [0.4, 0.5) is 8.78 Å². The number of imidazole rings is 1. The number of hydrogen-bond acceptors (Lipinski definition) is 6. The quantitative estimate of drug-likeness (QED) is 0.565. The van der Waals surface area contributed by atoms with Crippen LogP contribution < -0.4 is 11.5 Å². The average molecular weight is 464 g/mol. The predicted octanol–water partition coefficient (Wildman–Crippen LogP) is 3.28. The summed E-state index contributed by atoms with van der Waals surface area (Å²) in [6, 6.07) is 10.5. The molecule has 2 heterocycles. The molecule has 1 aliphatic rings. The predicted molar refractivity (Wildman–Crippen MR) is 129 cm³/mol. The number of rotatable bonds is 5. The highest BCUT2D eigenvalue weighted by Crippen LogP contribution is 2.30. The molecule has 9 heteroatoms. The molecule has 0 aliphatic carbocycles. The number of likely N-dealkylation sites (tertiary alicyclic amines) is 1. The van der Waals surface area contributed by atoms with E-state index in [0.29, 0.717) is 22.4 Å². The van der Waals surface area contributed by atoms with Crippen molar-refractivity contribution in [3.8, 4) is 6.07 Å². The molecule has 1 atom stereocenters. The number of benzene rings is 2. The van der Waals surface area contributed by atoms with Gasteiger partial charge in [0.2, 0.25) is 0 Å². The molecular weight excluding hydrogens is 436 g/mol. The summed E-state index contributed by atoms with van der Waals surface area (Å²) in [5, 5.41) is 9.18. The molecule has 4 N–H and O–H groups in total. The van der Waals surface area contributed by atoms with E-state index in [1.54, 1.807) is 31.3 Å². The monoisotopic (exact) mass is 463 g/mol. The maximum Gasteiger partial charge on any atom is 0.185 e. The maximum absolute atomic E-state index is 15.3. The van der Waals surface area contributed by atoms with Crippen LogP contribution in [-0.4, -0.2) is 45.5 Å². The molecule has 1 aromatic heterocycles. The highest BCUT2D eigenvalue weighted by atomic mass is 19.2. The first-order chi connectivity index (χ1) is 16.3. The first-order valence-electron chi connectivity index (χ1n) is 11.1. The van der Waals surface area contributed by atoms with Gasteiger partial charge in [-0.15, -0.1) is 0 Å². The van der Waals surface area contributed by atoms with Crippen LogP contribution in [0.5, 0.6) is 0 Å². The number of halogens is 2. The second-order valence-electron chi connectivity index (χ2n) is 8.53. The van der Waals surface area contributed by atoms with Gasteiger partial charge in [0.15, 0.2) is 11.6 Å². The zero-order valence-electron chi connectivity index (χ0n) is 19.2. The molecular formula is C25H27F2N7. The molecule has 0 amide bonds. The summed E-state index contributed by atoms with van der Waals surface area (Å²) in [5.41, 5.74) is 14.2. The largest absolute Gasteiger partial charge is 0.404 e. The number of aliphatic imine (C=N–C) groups is 1. The molecule has 0 saturated carbocycles. The second kappa shape index (κ2) is 9.71. The summed E-state index contributed by atoms with van der Waals surface area (Å²) in [6.07, 6.45) is 4.15. The third-order valence-corrected chi connectivity index (χ3v) is 6.30. The number of hydrogen-bond donors (Lipinski definition) is 2. The van der Waals surface area contributed by atoms with Crippen LogP contribution in [0.1, 0.15) is 36.5 Å². The molecule has 1 unspecified atom stereocenters. The Balaban J connectivity index is 1.84. The lowest BCUT2D eigenvalue weighted by molar-refractivity contribution is 0.167. The standard InChI is InChI=1S/C25H27F2N7/c1-15(34-9-7-18(30)8-10-34)32-24(17-5-3-16(12-28)4-6-17)20(13-29)19-11-21-25(23(27)22(19)26)33(2)14-31-21/h3-6,11,13-15,18H,7-10,29-30H2,1-2H3/b20-13-,32-24?. The molecule has 2 aromatic carbocycles. The van der Waals surface area contributed by atoms with E-state index in [-0.39, 0.29) is 28.9 Å². The smallest absolute Gasteiger partial charge is 0.185 e. The van der Waals surface area contributed by atoms with Gasteiger partial charge in [0.1, 0.15) is 5.52 Å². The molecule has 1 fully saturated rings. The average Bonchev–Trinajstić information content (AvgIpc) is 3.22. The second-order valence-corrected chi connectivity index (χ2v) is 8.53. The maximum atomic E-state index is 15.3. The van der Waals surface area contributed by atoms with Crippen molar-refractivity contribution < 1.29 is 8.78 Å². The van der Waals surface area contributed by atoms with Crippen molar-refractivity contribution in [1.82, 2.24) is 14.5 Å². The van der Waals surface area contributed by atoms with Crippen molar-refractivity contribution in [2.75, 3.05) is 13.1 Å². The summed E-state index contributed by atoms with van der Waals surface area (Å²) >= 11 is 0. The minimum Gasteiger partial charge on any atom is -0.404 e. The van der Waals surface area contributed by atoms with Crippen LogP contribution in [0.3, 0.4) is 0 Å². The SMILES string of the molecule is CC(N=C(/C(=C\N)c1cc2ncn(C)c2c(F)c1F)c1ccc(C#N)cc1)N1CCC(N)CC1. The Morgan fingerprint density at radius 3 is 2.53 bits per heavy atom. The van der Waals surface area contributed by atoms with E-state index in [4.69, 9.17) is 16.5 Å². The number of nitrogens with zero attached hydrogens (tertiary/aromatic N) is 5. The molecule has 0 radical (unpaired) electrons. The fourth-order valence-corrected chi connectivity index (χ4v) is 4.30. The number of aromatic nitrogens is 2. The van der Waals surface area contributed by atoms with Gasteiger partial charge in [-0.1, -0.05) is 12.1 Å². The highest BCUT2D eigenvalue weighted by Gasteiger charge is 2.25. The van der Waals surface area contributed by atoms with E-state index in [2.05, 4.69) is 16.0 Å². The van der Waals surface area contributed by atoms with E-state index in [9.17, 15) is 5.26 Å². The molecule has 34 heavy (non-hydrogen) atoms. The Bertz CT molecular complexity index is 1290. The van der Waals surface area contributed by atoms with Crippen molar-refractivity contribution in [2.45, 2.75) is 32.0 Å². The van der Waals surface area contributed by atoms with Crippen LogP contribution in [0, 0.1) is 23.0 Å².